The fraction of sp³-hybridized carbons (Fsp3) is 0.192. The highest BCUT2D eigenvalue weighted by atomic mass is 32.1. The average Bonchev–Trinajstić information content (AvgIpc) is 3.22. The van der Waals surface area contributed by atoms with Gasteiger partial charge < -0.3 is 0 Å². The molecule has 0 aliphatic carbocycles. The van der Waals surface area contributed by atoms with Crippen LogP contribution in [0.5, 0.6) is 0 Å². The topological polar surface area (TPSA) is 54.4 Å². The Bertz CT molecular complexity index is 1240. The van der Waals surface area contributed by atoms with Crippen molar-refractivity contribution in [2.45, 2.75) is 33.1 Å². The minimum atomic E-state index is -0.249. The van der Waals surface area contributed by atoms with E-state index in [-0.39, 0.29) is 5.91 Å². The van der Waals surface area contributed by atoms with Gasteiger partial charge in [-0.25, -0.2) is 10.4 Å². The molecule has 4 rings (SSSR count). The van der Waals surface area contributed by atoms with Gasteiger partial charge in [0.05, 0.1) is 23.0 Å². The fourth-order valence-corrected chi connectivity index (χ4v) is 4.24. The fourth-order valence-electron chi connectivity index (χ4n) is 3.46. The largest absolute Gasteiger partial charge is 0.272 e. The van der Waals surface area contributed by atoms with Gasteiger partial charge in [0.1, 0.15) is 0 Å². The molecule has 1 atom stereocenters. The van der Waals surface area contributed by atoms with Crippen LogP contribution in [0.4, 0.5) is 0 Å². The van der Waals surface area contributed by atoms with Crippen molar-refractivity contribution < 1.29 is 4.79 Å². The minimum Gasteiger partial charge on any atom is -0.267 e. The first-order valence-corrected chi connectivity index (χ1v) is 11.3. The number of nitrogens with one attached hydrogen (secondary N) is 1. The van der Waals surface area contributed by atoms with Gasteiger partial charge in [-0.3, -0.25) is 4.79 Å². The Morgan fingerprint density at radius 2 is 1.94 bits per heavy atom. The summed E-state index contributed by atoms with van der Waals surface area (Å²) in [7, 11) is 0. The lowest BCUT2D eigenvalue weighted by Gasteiger charge is -2.11. The molecule has 1 N–H and O–H groups in total. The van der Waals surface area contributed by atoms with E-state index in [1.54, 1.807) is 17.6 Å². The maximum Gasteiger partial charge on any atom is 0.272 e. The third-order valence-corrected chi connectivity index (χ3v) is 6.55. The summed E-state index contributed by atoms with van der Waals surface area (Å²) in [4.78, 5) is 18.8. The van der Waals surface area contributed by atoms with Crippen LogP contribution >= 0.6 is 11.3 Å². The Morgan fingerprint density at radius 3 is 2.65 bits per heavy atom. The van der Waals surface area contributed by atoms with Crippen molar-refractivity contribution in [1.82, 2.24) is 10.4 Å². The van der Waals surface area contributed by atoms with E-state index in [0.717, 1.165) is 39.0 Å². The molecule has 0 aliphatic rings. The molecule has 1 amide bonds. The second-order valence-corrected chi connectivity index (χ2v) is 8.62. The van der Waals surface area contributed by atoms with Crippen LogP contribution in [0.2, 0.25) is 0 Å². The molecule has 0 radical (unpaired) electrons. The number of nitrogens with zero attached hydrogens (tertiary/aromatic N) is 2. The first kappa shape index (κ1) is 20.9. The predicted octanol–water partition coefficient (Wildman–Crippen LogP) is 6.55. The van der Waals surface area contributed by atoms with Crippen molar-refractivity contribution in [2.24, 2.45) is 5.10 Å². The number of hydrogen-bond donors (Lipinski definition) is 1. The third-order valence-electron chi connectivity index (χ3n) is 5.60. The molecular weight excluding hydrogens is 402 g/mol. The number of hydrazone groups is 1. The van der Waals surface area contributed by atoms with Crippen LogP contribution in [0.1, 0.15) is 52.5 Å². The molecule has 5 heteroatoms. The molecular formula is C26H25N3OS. The van der Waals surface area contributed by atoms with Crippen LogP contribution in [0.25, 0.3) is 22.2 Å². The van der Waals surface area contributed by atoms with Crippen molar-refractivity contribution in [3.05, 3.63) is 87.6 Å². The number of aromatic nitrogens is 1. The van der Waals surface area contributed by atoms with Gasteiger partial charge >= 0.3 is 0 Å². The number of carbonyl (C=O) groups is 1. The number of rotatable bonds is 6. The lowest BCUT2D eigenvalue weighted by Crippen LogP contribution is -2.18. The number of fused-ring (bicyclic) bond motifs is 1. The molecule has 4 aromatic rings. The van der Waals surface area contributed by atoms with Crippen LogP contribution in [-0.4, -0.2) is 17.1 Å². The van der Waals surface area contributed by atoms with Gasteiger partial charge in [-0.15, -0.1) is 11.3 Å². The number of para-hydroxylation sites is 1. The molecule has 1 unspecified atom stereocenters. The van der Waals surface area contributed by atoms with Gasteiger partial charge in [0.25, 0.3) is 5.91 Å². The van der Waals surface area contributed by atoms with E-state index in [9.17, 15) is 4.79 Å². The highest BCUT2D eigenvalue weighted by molar-refractivity contribution is 7.11. The molecule has 0 aliphatic heterocycles. The van der Waals surface area contributed by atoms with Crippen molar-refractivity contribution >= 4 is 34.4 Å². The summed E-state index contributed by atoms with van der Waals surface area (Å²) in [6.07, 6.45) is 2.79. The van der Waals surface area contributed by atoms with Gasteiger partial charge in [-0.1, -0.05) is 56.3 Å². The Kier molecular flexibility index (Phi) is 6.23. The molecule has 2 heterocycles. The van der Waals surface area contributed by atoms with E-state index in [1.807, 2.05) is 48.7 Å². The van der Waals surface area contributed by atoms with Crippen molar-refractivity contribution in [3.8, 4) is 11.3 Å². The lowest BCUT2D eigenvalue weighted by molar-refractivity contribution is 0.0956. The Hall–Kier alpha value is -3.31. The number of pyridine rings is 1. The summed E-state index contributed by atoms with van der Waals surface area (Å²) in [5, 5.41) is 6.98. The number of hydrogen-bond acceptors (Lipinski definition) is 4. The predicted molar refractivity (Wildman–Crippen MR) is 130 cm³/mol. The first-order chi connectivity index (χ1) is 15.1. The van der Waals surface area contributed by atoms with Crippen LogP contribution in [-0.2, 0) is 0 Å². The highest BCUT2D eigenvalue weighted by Gasteiger charge is 2.14. The van der Waals surface area contributed by atoms with Gasteiger partial charge in [-0.05, 0) is 54.0 Å². The Labute approximate surface area is 186 Å². The molecule has 0 saturated heterocycles. The second-order valence-electron chi connectivity index (χ2n) is 7.67. The monoisotopic (exact) mass is 427 g/mol. The van der Waals surface area contributed by atoms with Gasteiger partial charge in [-0.2, -0.15) is 5.10 Å². The van der Waals surface area contributed by atoms with Crippen LogP contribution in [0.15, 0.2) is 71.1 Å². The quantitative estimate of drug-likeness (QED) is 0.280. The van der Waals surface area contributed by atoms with Crippen LogP contribution < -0.4 is 5.43 Å². The van der Waals surface area contributed by atoms with Crippen LogP contribution in [0.3, 0.4) is 0 Å². The molecule has 0 saturated carbocycles. The van der Waals surface area contributed by atoms with Crippen molar-refractivity contribution in [3.63, 3.8) is 0 Å². The van der Waals surface area contributed by atoms with Gasteiger partial charge in [0.15, 0.2) is 0 Å². The highest BCUT2D eigenvalue weighted by Crippen LogP contribution is 2.27. The molecule has 2 aromatic heterocycles. The van der Waals surface area contributed by atoms with E-state index in [2.05, 4.69) is 48.6 Å². The SMILES string of the molecule is CCC(C)c1ccc(-c2cc(C(=O)N/N=C/c3sccc3C)c3ccccc3n2)cc1. The maximum absolute atomic E-state index is 13.0. The Balaban J connectivity index is 1.67. The van der Waals surface area contributed by atoms with E-state index in [4.69, 9.17) is 4.98 Å². The first-order valence-electron chi connectivity index (χ1n) is 10.4. The average molecular weight is 428 g/mol. The molecule has 31 heavy (non-hydrogen) atoms. The number of carbonyl (C=O) groups excluding carboxylic acids is 1. The number of aryl methyl sites for hydroxylation is 1. The lowest BCUT2D eigenvalue weighted by atomic mass is 9.96. The second kappa shape index (κ2) is 9.23. The molecule has 0 spiro atoms. The Morgan fingerprint density at radius 1 is 1.16 bits per heavy atom. The van der Waals surface area contributed by atoms with E-state index < -0.39 is 0 Å². The third kappa shape index (κ3) is 4.57. The molecule has 4 nitrogen and oxygen atoms in total. The molecule has 0 fully saturated rings. The van der Waals surface area contributed by atoms with Crippen LogP contribution in [0, 0.1) is 6.92 Å². The van der Waals surface area contributed by atoms with Crippen molar-refractivity contribution in [1.29, 1.82) is 0 Å². The standard InChI is InChI=1S/C26H25N3OS/c1-4-17(2)19-9-11-20(12-10-19)24-15-22(21-7-5-6-8-23(21)28-24)26(30)29-27-16-25-18(3)13-14-31-25/h5-17H,4H2,1-3H3,(H,29,30)/b27-16+. The molecule has 0 bridgehead atoms. The maximum atomic E-state index is 13.0. The normalized spacial score (nSPS) is 12.4. The smallest absolute Gasteiger partial charge is 0.267 e. The summed E-state index contributed by atoms with van der Waals surface area (Å²) in [5.41, 5.74) is 8.24. The van der Waals surface area contributed by atoms with Crippen molar-refractivity contribution in [2.75, 3.05) is 0 Å². The van der Waals surface area contributed by atoms with E-state index in [0.29, 0.717) is 11.5 Å². The number of amides is 1. The minimum absolute atomic E-state index is 0.249. The summed E-state index contributed by atoms with van der Waals surface area (Å²) >= 11 is 1.59. The molecule has 156 valence electrons. The zero-order valence-electron chi connectivity index (χ0n) is 17.9. The zero-order chi connectivity index (χ0) is 21.8. The van der Waals surface area contributed by atoms with E-state index in [1.165, 1.54) is 5.56 Å². The number of thiophene rings is 1. The summed E-state index contributed by atoms with van der Waals surface area (Å²) in [6, 6.07) is 20.0. The van der Waals surface area contributed by atoms with Gasteiger partial charge in [0.2, 0.25) is 0 Å². The summed E-state index contributed by atoms with van der Waals surface area (Å²) < 4.78 is 0. The van der Waals surface area contributed by atoms with E-state index >= 15 is 0 Å². The zero-order valence-corrected chi connectivity index (χ0v) is 18.7. The summed E-state index contributed by atoms with van der Waals surface area (Å²) in [5.74, 6) is 0.270. The number of benzene rings is 2. The molecule has 2 aromatic carbocycles. The van der Waals surface area contributed by atoms with Gasteiger partial charge in [0, 0.05) is 15.8 Å². The summed E-state index contributed by atoms with van der Waals surface area (Å²) in [6.45, 7) is 6.44.